The lowest BCUT2D eigenvalue weighted by Gasteiger charge is -2.05. The molecule has 0 saturated carbocycles. The van der Waals surface area contributed by atoms with Crippen LogP contribution in [0, 0.1) is 0 Å². The predicted octanol–water partition coefficient (Wildman–Crippen LogP) is 2.55. The maximum atomic E-state index is 11.1. The molecule has 0 aliphatic rings. The Bertz CT molecular complexity index is 590. The van der Waals surface area contributed by atoms with Crippen molar-refractivity contribution in [3.63, 3.8) is 0 Å². The number of benzene rings is 1. The summed E-state index contributed by atoms with van der Waals surface area (Å²) < 4.78 is 0. The van der Waals surface area contributed by atoms with Crippen LogP contribution in [-0.2, 0) is 6.42 Å². The summed E-state index contributed by atoms with van der Waals surface area (Å²) in [6.45, 7) is 0. The first-order valence-corrected chi connectivity index (χ1v) is 5.13. The van der Waals surface area contributed by atoms with Crippen LogP contribution in [0.25, 0.3) is 10.9 Å². The molecule has 1 aromatic heterocycles. The van der Waals surface area contributed by atoms with E-state index in [1.165, 1.54) is 6.08 Å². The molecule has 0 unspecified atom stereocenters. The zero-order valence-electron chi connectivity index (χ0n) is 9.00. The van der Waals surface area contributed by atoms with Crippen molar-refractivity contribution >= 4 is 16.9 Å². The lowest BCUT2D eigenvalue weighted by atomic mass is 10.1. The molecular formula is C13H11NO3. The number of hydrogen-bond acceptors (Lipinski definition) is 3. The summed E-state index contributed by atoms with van der Waals surface area (Å²) in [6.07, 6.45) is 2.73. The molecule has 0 atom stereocenters. The van der Waals surface area contributed by atoms with Gasteiger partial charge in [0.15, 0.2) is 5.69 Å². The standard InChI is InChI=1S/C13H11NO3/c15-7-3-5-10-8-9-4-1-2-6-11(9)14-12(10)13(16)17/h1-4,6-8,15H,5H2,(H,16,17). The van der Waals surface area contributed by atoms with Crippen molar-refractivity contribution in [2.75, 3.05) is 0 Å². The number of carbonyl (C=O) groups is 1. The number of fused-ring (bicyclic) bond motifs is 1. The first kappa shape index (κ1) is 11.1. The van der Waals surface area contributed by atoms with Crippen molar-refractivity contribution in [3.8, 4) is 0 Å². The highest BCUT2D eigenvalue weighted by molar-refractivity contribution is 5.91. The van der Waals surface area contributed by atoms with E-state index in [2.05, 4.69) is 4.98 Å². The zero-order valence-corrected chi connectivity index (χ0v) is 9.00. The smallest absolute Gasteiger partial charge is 0.354 e. The molecule has 0 amide bonds. The number of carboxylic acid groups (broad SMARTS) is 1. The van der Waals surface area contributed by atoms with Gasteiger partial charge in [0, 0.05) is 5.39 Å². The molecule has 0 fully saturated rings. The van der Waals surface area contributed by atoms with Crippen LogP contribution >= 0.6 is 0 Å². The number of aromatic nitrogens is 1. The number of aliphatic hydroxyl groups is 1. The minimum atomic E-state index is -1.06. The SMILES string of the molecule is O=C(O)c1nc2ccccc2cc1CC=CO. The molecule has 0 spiro atoms. The highest BCUT2D eigenvalue weighted by Gasteiger charge is 2.12. The summed E-state index contributed by atoms with van der Waals surface area (Å²) >= 11 is 0. The molecule has 1 heterocycles. The van der Waals surface area contributed by atoms with Crippen LogP contribution in [-0.4, -0.2) is 21.2 Å². The topological polar surface area (TPSA) is 70.4 Å². The van der Waals surface area contributed by atoms with Crippen LogP contribution in [0.5, 0.6) is 0 Å². The second-order valence-electron chi connectivity index (χ2n) is 3.58. The predicted molar refractivity (Wildman–Crippen MR) is 64.2 cm³/mol. The number of rotatable bonds is 3. The van der Waals surface area contributed by atoms with Gasteiger partial charge in [0.2, 0.25) is 0 Å². The van der Waals surface area contributed by atoms with Gasteiger partial charge in [-0.3, -0.25) is 0 Å². The molecule has 0 saturated heterocycles. The van der Waals surface area contributed by atoms with Crippen LogP contribution in [0.1, 0.15) is 16.1 Å². The molecule has 17 heavy (non-hydrogen) atoms. The molecule has 0 aliphatic carbocycles. The minimum absolute atomic E-state index is 0.0294. The van der Waals surface area contributed by atoms with Gasteiger partial charge in [-0.25, -0.2) is 9.78 Å². The van der Waals surface area contributed by atoms with Gasteiger partial charge in [-0.15, -0.1) is 0 Å². The third kappa shape index (κ3) is 2.25. The second-order valence-corrected chi connectivity index (χ2v) is 3.58. The van der Waals surface area contributed by atoms with Crippen LogP contribution < -0.4 is 0 Å². The van der Waals surface area contributed by atoms with Crippen molar-refractivity contribution in [2.24, 2.45) is 0 Å². The molecule has 0 aliphatic heterocycles. The van der Waals surface area contributed by atoms with E-state index < -0.39 is 5.97 Å². The van der Waals surface area contributed by atoms with E-state index in [9.17, 15) is 4.79 Å². The average Bonchev–Trinajstić information content (AvgIpc) is 2.35. The van der Waals surface area contributed by atoms with E-state index in [1.54, 1.807) is 12.1 Å². The van der Waals surface area contributed by atoms with Gasteiger partial charge in [-0.1, -0.05) is 18.2 Å². The molecular weight excluding hydrogens is 218 g/mol. The number of aliphatic hydroxyl groups excluding tert-OH is 1. The fourth-order valence-electron chi connectivity index (χ4n) is 1.68. The third-order valence-corrected chi connectivity index (χ3v) is 2.45. The van der Waals surface area contributed by atoms with Crippen molar-refractivity contribution in [2.45, 2.75) is 6.42 Å². The summed E-state index contributed by atoms with van der Waals surface area (Å²) in [5, 5.41) is 18.6. The van der Waals surface area contributed by atoms with Crippen molar-refractivity contribution < 1.29 is 15.0 Å². The van der Waals surface area contributed by atoms with Crippen molar-refractivity contribution in [1.82, 2.24) is 4.98 Å². The molecule has 86 valence electrons. The van der Waals surface area contributed by atoms with E-state index in [-0.39, 0.29) is 5.69 Å². The largest absolute Gasteiger partial charge is 0.516 e. The maximum Gasteiger partial charge on any atom is 0.354 e. The highest BCUT2D eigenvalue weighted by Crippen LogP contribution is 2.17. The third-order valence-electron chi connectivity index (χ3n) is 2.45. The molecule has 2 rings (SSSR count). The Morgan fingerprint density at radius 3 is 2.82 bits per heavy atom. The number of nitrogens with zero attached hydrogens (tertiary/aromatic N) is 1. The van der Waals surface area contributed by atoms with Crippen LogP contribution in [0.3, 0.4) is 0 Å². The number of allylic oxidation sites excluding steroid dienone is 1. The Balaban J connectivity index is 2.61. The lowest BCUT2D eigenvalue weighted by Crippen LogP contribution is -2.05. The number of carboxylic acids is 1. The maximum absolute atomic E-state index is 11.1. The number of aromatic carboxylic acids is 1. The fraction of sp³-hybridized carbons (Fsp3) is 0.0769. The monoisotopic (exact) mass is 229 g/mol. The fourth-order valence-corrected chi connectivity index (χ4v) is 1.68. The first-order chi connectivity index (χ1) is 8.22. The highest BCUT2D eigenvalue weighted by atomic mass is 16.4. The van der Waals surface area contributed by atoms with E-state index in [1.807, 2.05) is 18.2 Å². The molecule has 1 aromatic carbocycles. The Kier molecular flexibility index (Phi) is 3.05. The van der Waals surface area contributed by atoms with Crippen molar-refractivity contribution in [3.05, 3.63) is 53.9 Å². The Morgan fingerprint density at radius 1 is 1.35 bits per heavy atom. The van der Waals surface area contributed by atoms with Crippen LogP contribution in [0.2, 0.25) is 0 Å². The summed E-state index contributed by atoms with van der Waals surface area (Å²) in [6, 6.07) is 9.11. The summed E-state index contributed by atoms with van der Waals surface area (Å²) in [5.41, 5.74) is 1.27. The summed E-state index contributed by atoms with van der Waals surface area (Å²) in [5.74, 6) is -1.06. The van der Waals surface area contributed by atoms with Gasteiger partial charge in [-0.2, -0.15) is 0 Å². The normalized spacial score (nSPS) is 11.1. The Hall–Kier alpha value is -2.36. The molecule has 2 aromatic rings. The summed E-state index contributed by atoms with van der Waals surface area (Å²) in [7, 11) is 0. The van der Waals surface area contributed by atoms with E-state index >= 15 is 0 Å². The molecule has 0 radical (unpaired) electrons. The van der Waals surface area contributed by atoms with Crippen molar-refractivity contribution in [1.29, 1.82) is 0 Å². The van der Waals surface area contributed by atoms with E-state index in [0.29, 0.717) is 17.5 Å². The Labute approximate surface area is 97.9 Å². The van der Waals surface area contributed by atoms with Gasteiger partial charge in [0.05, 0.1) is 11.8 Å². The second kappa shape index (κ2) is 4.65. The molecule has 0 bridgehead atoms. The van der Waals surface area contributed by atoms with Gasteiger partial charge in [0.25, 0.3) is 0 Å². The minimum Gasteiger partial charge on any atom is -0.516 e. The number of hydrogen-bond donors (Lipinski definition) is 2. The van der Waals surface area contributed by atoms with E-state index in [0.717, 1.165) is 11.6 Å². The quantitative estimate of drug-likeness (QED) is 0.793. The molecule has 2 N–H and O–H groups in total. The van der Waals surface area contributed by atoms with Gasteiger partial charge < -0.3 is 10.2 Å². The lowest BCUT2D eigenvalue weighted by molar-refractivity contribution is 0.0690. The average molecular weight is 229 g/mol. The van der Waals surface area contributed by atoms with Gasteiger partial charge >= 0.3 is 5.97 Å². The van der Waals surface area contributed by atoms with Crippen LogP contribution in [0.15, 0.2) is 42.7 Å². The number of pyridine rings is 1. The van der Waals surface area contributed by atoms with Gasteiger partial charge in [-0.05, 0) is 30.2 Å². The first-order valence-electron chi connectivity index (χ1n) is 5.13. The van der Waals surface area contributed by atoms with E-state index in [4.69, 9.17) is 10.2 Å². The Morgan fingerprint density at radius 2 is 2.12 bits per heavy atom. The van der Waals surface area contributed by atoms with Crippen LogP contribution in [0.4, 0.5) is 0 Å². The van der Waals surface area contributed by atoms with Gasteiger partial charge in [0.1, 0.15) is 0 Å². The molecule has 4 nitrogen and oxygen atoms in total. The number of para-hydroxylation sites is 1. The summed E-state index contributed by atoms with van der Waals surface area (Å²) in [4.78, 5) is 15.2. The molecule has 4 heteroatoms. The zero-order chi connectivity index (χ0) is 12.3.